The average molecular weight is 268 g/mol. The van der Waals surface area contributed by atoms with E-state index in [0.29, 0.717) is 0 Å². The van der Waals surface area contributed by atoms with E-state index in [4.69, 9.17) is 0 Å². The Morgan fingerprint density at radius 3 is 0.412 bits per heavy atom. The molecular formula is C15H57BF. The molecule has 0 aliphatic heterocycles. The fourth-order valence-corrected chi connectivity index (χ4v) is 0. The quantitative estimate of drug-likeness (QED) is 0.385. The van der Waals surface area contributed by atoms with E-state index in [9.17, 15) is 0 Å². The van der Waals surface area contributed by atoms with E-state index < -0.39 is 0 Å². The van der Waals surface area contributed by atoms with E-state index >= 15 is 0 Å². The zero-order chi connectivity index (χ0) is 2.12. The topological polar surface area (TPSA) is 0 Å². The molecule has 0 aromatic rings. The first-order valence-electron chi connectivity index (χ1n) is 1.50. The molecule has 0 atom stereocenters. The zero-order valence-corrected chi connectivity index (χ0v) is 3.11. The molecule has 3 radical (unpaired) electrons. The maximum absolute atomic E-state index is 1.50. The molecule has 127 valence electrons. The molecule has 1 aliphatic rings. The molecule has 0 unspecified atom stereocenters. The molecule has 1 saturated carbocycles. The van der Waals surface area contributed by atoms with E-state index in [1.54, 1.807) is 0 Å². The van der Waals surface area contributed by atoms with Gasteiger partial charge in [-0.3, -0.25) is 4.70 Å². The number of hydrogen-bond acceptors (Lipinski definition) is 0. The van der Waals surface area contributed by atoms with Gasteiger partial charge in [0.1, 0.15) is 0 Å². The van der Waals surface area contributed by atoms with Crippen LogP contribution >= 0.6 is 0 Å². The van der Waals surface area contributed by atoms with Crippen molar-refractivity contribution >= 4 is 8.41 Å². The largest absolute Gasteiger partial charge is 0.269 e. The van der Waals surface area contributed by atoms with Crippen LogP contribution in [-0.4, -0.2) is 8.41 Å². The third-order valence-corrected chi connectivity index (χ3v) is 0.354. The molecule has 0 saturated heterocycles. The molecule has 0 N–H and O–H groups in total. The third-order valence-electron chi connectivity index (χ3n) is 0.354. The molecule has 17 heavy (non-hydrogen) atoms. The molecule has 0 aromatic heterocycles. The molecule has 0 amide bonds. The van der Waals surface area contributed by atoms with Crippen LogP contribution in [0.5, 0.6) is 0 Å². The minimum atomic E-state index is 0. The number of hydrogen-bond donors (Lipinski definition) is 0. The second-order valence-corrected chi connectivity index (χ2v) is 1.06. The van der Waals surface area contributed by atoms with Gasteiger partial charge >= 0.3 is 0 Å². The second kappa shape index (κ2) is 401. The van der Waals surface area contributed by atoms with Crippen LogP contribution in [0.1, 0.15) is 110 Å². The van der Waals surface area contributed by atoms with Crippen molar-refractivity contribution in [2.45, 2.75) is 108 Å². The first kappa shape index (κ1) is 485. The molecule has 0 heterocycles. The van der Waals surface area contributed by atoms with Crippen molar-refractivity contribution in [3.63, 3.8) is 0 Å². The Morgan fingerprint density at radius 1 is 0.353 bits per heavy atom. The highest BCUT2D eigenvalue weighted by Crippen LogP contribution is 2.14. The van der Waals surface area contributed by atoms with Gasteiger partial charge in [0, 0.05) is 9.84 Å². The van der Waals surface area contributed by atoms with E-state index in [-0.39, 0.29) is 104 Å². The van der Waals surface area contributed by atoms with Gasteiger partial charge in [-0.05, 0) is 0 Å². The van der Waals surface area contributed by atoms with Gasteiger partial charge in [-0.2, -0.15) is 0 Å². The Labute approximate surface area is 123 Å². The van der Waals surface area contributed by atoms with Gasteiger partial charge in [0.15, 0.2) is 0 Å². The van der Waals surface area contributed by atoms with Crippen molar-refractivity contribution < 1.29 is 6.13 Å². The van der Waals surface area contributed by atoms with Crippen molar-refractivity contribution in [3.8, 4) is 0 Å². The standard InChI is InChI=1S/C3H6.12CH4.B.FH.H2/c1-2-3-1;;;;;;;;;;;;;;;/h1-3H2;12*1H4;;2*1H/i;;;;;;;;;;;;;;;1+1. The van der Waals surface area contributed by atoms with Gasteiger partial charge < -0.3 is 0 Å². The van der Waals surface area contributed by atoms with Crippen LogP contribution in [0, 0.1) is 0 Å². The van der Waals surface area contributed by atoms with Crippen molar-refractivity contribution in [3.05, 3.63) is 0 Å². The fraction of sp³-hybridized carbons (Fsp3) is 1.00. The molecule has 0 aromatic carbocycles. The molecule has 1 rings (SSSR count). The summed E-state index contributed by atoms with van der Waals surface area (Å²) in [6.07, 6.45) is 4.50. The molecule has 1 fully saturated rings. The van der Waals surface area contributed by atoms with Crippen molar-refractivity contribution in [2.24, 2.45) is 0 Å². The lowest BCUT2D eigenvalue weighted by atomic mass is 10.8. The molecule has 0 spiro atoms. The van der Waals surface area contributed by atoms with Crippen LogP contribution in [-0.2, 0) is 0 Å². The van der Waals surface area contributed by atoms with Gasteiger partial charge in [0.05, 0.1) is 0 Å². The third kappa shape index (κ3) is 3160. The highest BCUT2D eigenvalue weighted by Gasteiger charge is 1.95. The molecule has 2 heteroatoms. The summed E-state index contributed by atoms with van der Waals surface area (Å²) in [4.78, 5) is 0. The van der Waals surface area contributed by atoms with Gasteiger partial charge in [-0.15, -0.1) is 0 Å². The number of rotatable bonds is 0. The summed E-state index contributed by atoms with van der Waals surface area (Å²) >= 11 is 0. The zero-order valence-electron chi connectivity index (χ0n) is 3.11. The number of halogens is 1. The lowest BCUT2D eigenvalue weighted by molar-refractivity contribution is 1.11. The van der Waals surface area contributed by atoms with Gasteiger partial charge in [0.2, 0.25) is 0 Å². The van der Waals surface area contributed by atoms with E-state index in [0.717, 1.165) is 0 Å². The van der Waals surface area contributed by atoms with Crippen molar-refractivity contribution in [2.75, 3.05) is 0 Å². The normalized spacial score (nSPS) is 4.24. The Balaban J connectivity index is -0.000000000462. The predicted molar refractivity (Wildman–Crippen MR) is 105 cm³/mol. The van der Waals surface area contributed by atoms with E-state index in [1.807, 2.05) is 0 Å². The SMILES string of the molecule is C.C.C.C.C.C.C.C.C.C.C.C.C1CC1.F.[2HH].[B]. The second-order valence-electron chi connectivity index (χ2n) is 1.06. The van der Waals surface area contributed by atoms with Crippen LogP contribution in [0.3, 0.4) is 0 Å². The Hall–Kier alpha value is -0.00506. The molecule has 0 bridgehead atoms. The molecule has 1 aliphatic carbocycles. The molecule has 0 nitrogen and oxygen atoms in total. The smallest absolute Gasteiger partial charge is 0 e. The summed E-state index contributed by atoms with van der Waals surface area (Å²) in [6, 6.07) is 0. The first-order valence-corrected chi connectivity index (χ1v) is 1.50. The lowest BCUT2D eigenvalue weighted by Crippen LogP contribution is -0.856. The Kier molecular flexibility index (Phi) is 11400. The Morgan fingerprint density at radius 2 is 0.412 bits per heavy atom. The van der Waals surface area contributed by atoms with E-state index in [1.165, 1.54) is 19.3 Å². The molecular weight excluding hydrogens is 210 g/mol. The first-order chi connectivity index (χ1) is 1.50. The van der Waals surface area contributed by atoms with Gasteiger partial charge in [0.25, 0.3) is 0 Å². The highest BCUT2D eigenvalue weighted by atomic mass is 19.0. The highest BCUT2D eigenvalue weighted by molar-refractivity contribution is 5.75. The van der Waals surface area contributed by atoms with E-state index in [2.05, 4.69) is 0 Å². The van der Waals surface area contributed by atoms with Crippen LogP contribution in [0.4, 0.5) is 4.70 Å². The van der Waals surface area contributed by atoms with Crippen molar-refractivity contribution in [1.29, 1.82) is 0 Å². The summed E-state index contributed by atoms with van der Waals surface area (Å²) in [6.45, 7) is 0. The fourth-order valence-electron chi connectivity index (χ4n) is 0. The van der Waals surface area contributed by atoms with Crippen LogP contribution in [0.25, 0.3) is 0 Å². The summed E-state index contributed by atoms with van der Waals surface area (Å²) in [7, 11) is 0. The van der Waals surface area contributed by atoms with Crippen LogP contribution < -0.4 is 0 Å². The summed E-state index contributed by atoms with van der Waals surface area (Å²) in [5, 5.41) is 0. The van der Waals surface area contributed by atoms with Crippen LogP contribution in [0.15, 0.2) is 0 Å². The lowest BCUT2D eigenvalue weighted by Gasteiger charge is -1.05. The summed E-state index contributed by atoms with van der Waals surface area (Å²) < 4.78 is 0. The summed E-state index contributed by atoms with van der Waals surface area (Å²) in [5.74, 6) is 0. The van der Waals surface area contributed by atoms with Gasteiger partial charge in [-0.1, -0.05) is 108 Å². The minimum absolute atomic E-state index is 0. The average Bonchev–Trinajstić information content (AvgIpc) is 1.46. The monoisotopic (exact) mass is 268 g/mol. The maximum atomic E-state index is 1.50. The minimum Gasteiger partial charge on any atom is -0.269 e. The Bertz CT molecular complexity index is 21.2. The summed E-state index contributed by atoms with van der Waals surface area (Å²) in [5.41, 5.74) is 0. The van der Waals surface area contributed by atoms with Crippen LogP contribution in [0.2, 0.25) is 0 Å². The predicted octanol–water partition coefficient (Wildman–Crippen LogP) is 8.82. The maximum Gasteiger partial charge on any atom is 0 e. The van der Waals surface area contributed by atoms with Gasteiger partial charge in [-0.25, -0.2) is 0 Å². The van der Waals surface area contributed by atoms with Crippen molar-refractivity contribution in [1.82, 2.24) is 0 Å².